The summed E-state index contributed by atoms with van der Waals surface area (Å²) in [6, 6.07) is 2.29. The number of nitrogens with zero attached hydrogens (tertiary/aromatic N) is 2. The Kier molecular flexibility index (Phi) is 4.43. The van der Waals surface area contributed by atoms with Crippen LogP contribution in [0.3, 0.4) is 0 Å². The second kappa shape index (κ2) is 5.77. The van der Waals surface area contributed by atoms with E-state index in [4.69, 9.17) is 43.0 Å². The van der Waals surface area contributed by atoms with Crippen molar-refractivity contribution in [1.82, 2.24) is 10.2 Å². The highest BCUT2D eigenvalue weighted by molar-refractivity contribution is 8.13. The molecule has 0 aliphatic heterocycles. The molecule has 1 aromatic heterocycles. The lowest BCUT2D eigenvalue weighted by Gasteiger charge is -2.09. The van der Waals surface area contributed by atoms with E-state index in [0.717, 1.165) is 12.1 Å². The molecule has 0 amide bonds. The van der Waals surface area contributed by atoms with E-state index in [-0.39, 0.29) is 33.2 Å². The molecule has 108 valence electrons. The van der Waals surface area contributed by atoms with Crippen molar-refractivity contribution in [3.63, 3.8) is 0 Å². The fourth-order valence-corrected chi connectivity index (χ4v) is 2.86. The van der Waals surface area contributed by atoms with Crippen LogP contribution >= 0.6 is 33.9 Å². The molecule has 0 bridgehead atoms. The van der Waals surface area contributed by atoms with Crippen LogP contribution in [0.15, 0.2) is 21.4 Å². The molecule has 0 aliphatic carbocycles. The number of halogens is 3. The van der Waals surface area contributed by atoms with Gasteiger partial charge >= 0.3 is 0 Å². The van der Waals surface area contributed by atoms with Gasteiger partial charge in [-0.05, 0) is 12.1 Å². The fraction of sp³-hybridized carbons (Fsp3) is 0.200. The summed E-state index contributed by atoms with van der Waals surface area (Å²) in [5.41, 5.74) is 0. The van der Waals surface area contributed by atoms with Crippen LogP contribution in [-0.2, 0) is 15.7 Å². The van der Waals surface area contributed by atoms with E-state index in [2.05, 4.69) is 10.2 Å². The Balaban J connectivity index is 2.25. The third-order valence-corrected chi connectivity index (χ3v) is 4.06. The molecule has 10 heteroatoms. The number of rotatable bonds is 4. The van der Waals surface area contributed by atoms with Crippen LogP contribution in [0.1, 0.15) is 11.8 Å². The lowest BCUT2D eigenvalue weighted by molar-refractivity contribution is 0.260. The molecule has 6 nitrogen and oxygen atoms in total. The lowest BCUT2D eigenvalue weighted by atomic mass is 10.3. The summed E-state index contributed by atoms with van der Waals surface area (Å²) in [5, 5.41) is 7.38. The molecule has 0 aliphatic rings. The Morgan fingerprint density at radius 1 is 1.25 bits per heavy atom. The van der Waals surface area contributed by atoms with Gasteiger partial charge in [-0.1, -0.05) is 23.2 Å². The van der Waals surface area contributed by atoms with Crippen LogP contribution in [0.4, 0.5) is 0 Å². The highest BCUT2D eigenvalue weighted by Gasteiger charge is 2.17. The fourth-order valence-electron chi connectivity index (χ4n) is 1.35. The van der Waals surface area contributed by atoms with Crippen LogP contribution in [0, 0.1) is 6.92 Å². The molecule has 2 aromatic rings. The number of hydrogen-bond acceptors (Lipinski definition) is 6. The zero-order valence-corrected chi connectivity index (χ0v) is 13.0. The molecule has 0 saturated carbocycles. The van der Waals surface area contributed by atoms with E-state index in [1.54, 1.807) is 6.92 Å². The molecule has 1 heterocycles. The van der Waals surface area contributed by atoms with Crippen molar-refractivity contribution >= 4 is 42.9 Å². The second-order valence-electron chi connectivity index (χ2n) is 3.66. The van der Waals surface area contributed by atoms with E-state index in [1.807, 2.05) is 0 Å². The summed E-state index contributed by atoms with van der Waals surface area (Å²) in [4.78, 5) is -0.213. The highest BCUT2D eigenvalue weighted by Crippen LogP contribution is 2.36. The van der Waals surface area contributed by atoms with Crippen molar-refractivity contribution in [2.45, 2.75) is 18.4 Å². The van der Waals surface area contributed by atoms with Crippen molar-refractivity contribution in [2.75, 3.05) is 0 Å². The predicted octanol–water partition coefficient (Wildman–Crippen LogP) is 3.19. The third-order valence-electron chi connectivity index (χ3n) is 2.16. The highest BCUT2D eigenvalue weighted by atomic mass is 35.7. The summed E-state index contributed by atoms with van der Waals surface area (Å²) in [7, 11) is 1.29. The van der Waals surface area contributed by atoms with Crippen molar-refractivity contribution in [2.24, 2.45) is 0 Å². The molecule has 0 N–H and O–H groups in total. The summed E-state index contributed by atoms with van der Waals surface area (Å²) in [6.45, 7) is 1.59. The van der Waals surface area contributed by atoms with Crippen molar-refractivity contribution in [1.29, 1.82) is 0 Å². The molecular weight excluding hydrogens is 351 g/mol. The number of aryl methyl sites for hydroxylation is 1. The Labute approximate surface area is 129 Å². The average molecular weight is 358 g/mol. The standard InChI is InChI=1S/C10H7Cl3N2O4S/c1-5-14-15-9(19-5)4-18-10-7(11)2-6(3-8(10)12)20(13,16)17/h2-3H,4H2,1H3. The van der Waals surface area contributed by atoms with Gasteiger partial charge in [0.15, 0.2) is 12.4 Å². The summed E-state index contributed by atoms with van der Waals surface area (Å²) >= 11 is 11.8. The Morgan fingerprint density at radius 2 is 1.85 bits per heavy atom. The summed E-state index contributed by atoms with van der Waals surface area (Å²) < 4.78 is 32.9. The minimum absolute atomic E-state index is 0.00737. The van der Waals surface area contributed by atoms with Gasteiger partial charge in [0.25, 0.3) is 14.9 Å². The van der Waals surface area contributed by atoms with Crippen molar-refractivity contribution in [3.8, 4) is 5.75 Å². The van der Waals surface area contributed by atoms with E-state index in [9.17, 15) is 8.42 Å². The predicted molar refractivity (Wildman–Crippen MR) is 72.9 cm³/mol. The topological polar surface area (TPSA) is 82.3 Å². The molecule has 0 atom stereocenters. The molecule has 0 spiro atoms. The SMILES string of the molecule is Cc1nnc(COc2c(Cl)cc(S(=O)(=O)Cl)cc2Cl)o1. The normalized spacial score (nSPS) is 11.6. The van der Waals surface area contributed by atoms with E-state index in [1.165, 1.54) is 0 Å². The molecule has 1 aromatic carbocycles. The van der Waals surface area contributed by atoms with Gasteiger partial charge in [0.2, 0.25) is 5.89 Å². The van der Waals surface area contributed by atoms with Gasteiger partial charge in [-0.25, -0.2) is 8.42 Å². The van der Waals surface area contributed by atoms with Gasteiger partial charge in [0, 0.05) is 17.6 Å². The van der Waals surface area contributed by atoms with Gasteiger partial charge in [-0.2, -0.15) is 0 Å². The summed E-state index contributed by atoms with van der Waals surface area (Å²) in [6.07, 6.45) is 0. The minimum Gasteiger partial charge on any atom is -0.481 e. The lowest BCUT2D eigenvalue weighted by Crippen LogP contribution is -1.99. The monoisotopic (exact) mass is 356 g/mol. The maximum absolute atomic E-state index is 11.2. The van der Waals surface area contributed by atoms with E-state index in [0.29, 0.717) is 5.89 Å². The first-order valence-electron chi connectivity index (χ1n) is 5.13. The second-order valence-corrected chi connectivity index (χ2v) is 7.04. The van der Waals surface area contributed by atoms with Crippen LogP contribution in [-0.4, -0.2) is 18.6 Å². The van der Waals surface area contributed by atoms with Crippen molar-refractivity contribution < 1.29 is 17.6 Å². The summed E-state index contributed by atoms with van der Waals surface area (Å²) in [5.74, 6) is 0.737. The Morgan fingerprint density at radius 3 is 2.30 bits per heavy atom. The molecule has 0 unspecified atom stereocenters. The van der Waals surface area contributed by atoms with Gasteiger partial charge < -0.3 is 9.15 Å². The smallest absolute Gasteiger partial charge is 0.261 e. The zero-order chi connectivity index (χ0) is 14.9. The number of ether oxygens (including phenoxy) is 1. The first kappa shape index (κ1) is 15.4. The number of aromatic nitrogens is 2. The van der Waals surface area contributed by atoms with Gasteiger partial charge in [-0.15, -0.1) is 10.2 Å². The van der Waals surface area contributed by atoms with Crippen LogP contribution < -0.4 is 4.74 Å². The number of benzene rings is 1. The molecule has 0 saturated heterocycles. The Hall–Kier alpha value is -1.02. The average Bonchev–Trinajstić information content (AvgIpc) is 2.72. The Bertz CT molecular complexity index is 722. The quantitative estimate of drug-likeness (QED) is 0.782. The largest absolute Gasteiger partial charge is 0.481 e. The van der Waals surface area contributed by atoms with Gasteiger partial charge in [-0.3, -0.25) is 0 Å². The molecular formula is C10H7Cl3N2O4S. The minimum atomic E-state index is -3.92. The van der Waals surface area contributed by atoms with Crippen LogP contribution in [0.25, 0.3) is 0 Å². The van der Waals surface area contributed by atoms with Crippen molar-refractivity contribution in [3.05, 3.63) is 34.0 Å². The number of hydrogen-bond donors (Lipinski definition) is 0. The first-order valence-corrected chi connectivity index (χ1v) is 8.19. The van der Waals surface area contributed by atoms with E-state index < -0.39 is 9.05 Å². The van der Waals surface area contributed by atoms with Crippen LogP contribution in [0.5, 0.6) is 5.75 Å². The van der Waals surface area contributed by atoms with Crippen LogP contribution in [0.2, 0.25) is 10.0 Å². The third kappa shape index (κ3) is 3.54. The molecule has 0 fully saturated rings. The first-order chi connectivity index (χ1) is 9.27. The zero-order valence-electron chi connectivity index (χ0n) is 9.93. The van der Waals surface area contributed by atoms with E-state index >= 15 is 0 Å². The maximum Gasteiger partial charge on any atom is 0.261 e. The molecule has 0 radical (unpaired) electrons. The van der Waals surface area contributed by atoms with Gasteiger partial charge in [0.05, 0.1) is 14.9 Å². The molecule has 20 heavy (non-hydrogen) atoms. The molecule has 2 rings (SSSR count). The van der Waals surface area contributed by atoms with Gasteiger partial charge in [0.1, 0.15) is 0 Å². The maximum atomic E-state index is 11.2.